The number of rotatable bonds is 6. The van der Waals surface area contributed by atoms with Crippen LogP contribution < -0.4 is 0 Å². The number of nitrogens with zero attached hydrogens (tertiary/aromatic N) is 1. The molecule has 0 aromatic carbocycles. The van der Waals surface area contributed by atoms with Crippen molar-refractivity contribution in [1.29, 1.82) is 0 Å². The zero-order valence-corrected chi connectivity index (χ0v) is 9.48. The van der Waals surface area contributed by atoms with E-state index in [0.717, 1.165) is 6.20 Å². The average molecular weight is 229 g/mol. The number of nitro groups is 1. The maximum Gasteiger partial charge on any atom is 0.233 e. The lowest BCUT2D eigenvalue weighted by atomic mass is 10.4. The minimum absolute atomic E-state index is 0.205. The van der Waals surface area contributed by atoms with Crippen molar-refractivity contribution < 1.29 is 14.0 Å². The van der Waals surface area contributed by atoms with Gasteiger partial charge in [-0.25, -0.2) is 0 Å². The van der Waals surface area contributed by atoms with Crippen LogP contribution in [0.1, 0.15) is 0 Å². The van der Waals surface area contributed by atoms with Gasteiger partial charge in [-0.2, -0.15) is 0 Å². The van der Waals surface area contributed by atoms with Crippen LogP contribution in [0.15, 0.2) is 12.3 Å². The van der Waals surface area contributed by atoms with Gasteiger partial charge < -0.3 is 9.05 Å². The summed E-state index contributed by atoms with van der Waals surface area (Å²) >= 11 is 0. The van der Waals surface area contributed by atoms with Crippen LogP contribution >= 0.6 is 26.9 Å². The summed E-state index contributed by atoms with van der Waals surface area (Å²) in [7, 11) is 4.65. The van der Waals surface area contributed by atoms with Gasteiger partial charge in [-0.1, -0.05) is 8.93 Å². The summed E-state index contributed by atoms with van der Waals surface area (Å²) < 4.78 is 9.80. The SMILES string of the molecule is O=[N+]([O-])/C=C/C(COP)OPP. The number of hydrogen-bond donors (Lipinski definition) is 0. The summed E-state index contributed by atoms with van der Waals surface area (Å²) in [5.41, 5.74) is 0. The van der Waals surface area contributed by atoms with Crippen LogP contribution in [-0.2, 0) is 9.05 Å². The first-order valence-corrected chi connectivity index (χ1v) is 6.14. The average Bonchev–Trinajstić information content (AvgIpc) is 2.01. The van der Waals surface area contributed by atoms with E-state index < -0.39 is 4.92 Å². The van der Waals surface area contributed by atoms with Crippen LogP contribution in [0.3, 0.4) is 0 Å². The minimum atomic E-state index is -0.537. The predicted molar refractivity (Wildman–Crippen MR) is 54.7 cm³/mol. The Balaban J connectivity index is 3.84. The highest BCUT2D eigenvalue weighted by Gasteiger charge is 2.04. The van der Waals surface area contributed by atoms with E-state index >= 15 is 0 Å². The second-order valence-electron chi connectivity index (χ2n) is 1.73. The highest BCUT2D eigenvalue weighted by atomic mass is 32.0. The fraction of sp³-hybridized carbons (Fsp3) is 0.500. The Labute approximate surface area is 76.7 Å². The van der Waals surface area contributed by atoms with Gasteiger partial charge in [0.2, 0.25) is 6.20 Å². The van der Waals surface area contributed by atoms with Crippen LogP contribution in [0.4, 0.5) is 0 Å². The van der Waals surface area contributed by atoms with Crippen molar-refractivity contribution >= 4 is 26.9 Å². The van der Waals surface area contributed by atoms with Gasteiger partial charge in [-0.05, 0) is 0 Å². The Morgan fingerprint density at radius 1 is 1.75 bits per heavy atom. The van der Waals surface area contributed by atoms with E-state index in [2.05, 4.69) is 18.4 Å². The van der Waals surface area contributed by atoms with Crippen molar-refractivity contribution in [2.45, 2.75) is 6.10 Å². The van der Waals surface area contributed by atoms with Crippen molar-refractivity contribution in [2.24, 2.45) is 0 Å². The first kappa shape index (κ1) is 12.3. The predicted octanol–water partition coefficient (Wildman–Crippen LogP) is 1.35. The quantitative estimate of drug-likeness (QED) is 0.391. The van der Waals surface area contributed by atoms with Gasteiger partial charge >= 0.3 is 0 Å². The number of hydrogen-bond acceptors (Lipinski definition) is 4. The zero-order chi connectivity index (χ0) is 9.40. The summed E-state index contributed by atoms with van der Waals surface area (Å²) in [6, 6.07) is 0. The van der Waals surface area contributed by atoms with Crippen LogP contribution in [-0.4, -0.2) is 17.6 Å². The highest BCUT2D eigenvalue weighted by molar-refractivity contribution is 8.00. The Kier molecular flexibility index (Phi) is 8.20. The fourth-order valence-corrected chi connectivity index (χ4v) is 1.51. The van der Waals surface area contributed by atoms with Gasteiger partial charge in [0.15, 0.2) is 0 Å². The smallest absolute Gasteiger partial charge is 0.233 e. The first-order chi connectivity index (χ1) is 5.70. The molecule has 0 N–H and O–H groups in total. The summed E-state index contributed by atoms with van der Waals surface area (Å²) in [5.74, 6) is 0. The largest absolute Gasteiger partial charge is 0.363 e. The Hall–Kier alpha value is 0.350. The van der Waals surface area contributed by atoms with Crippen molar-refractivity contribution in [3.63, 3.8) is 0 Å². The molecule has 8 heteroatoms. The molecule has 4 atom stereocenters. The molecule has 4 unspecified atom stereocenters. The monoisotopic (exact) mass is 229 g/mol. The molecule has 0 heterocycles. The molecule has 0 saturated heterocycles. The highest BCUT2D eigenvalue weighted by Crippen LogP contribution is 2.24. The lowest BCUT2D eigenvalue weighted by molar-refractivity contribution is -0.402. The van der Waals surface area contributed by atoms with E-state index in [1.165, 1.54) is 6.08 Å². The van der Waals surface area contributed by atoms with Gasteiger partial charge in [0.25, 0.3) is 0 Å². The first-order valence-electron chi connectivity index (χ1n) is 2.95. The maximum absolute atomic E-state index is 9.93. The molecule has 0 aliphatic heterocycles. The molecule has 0 aromatic rings. The lowest BCUT2D eigenvalue weighted by Gasteiger charge is -2.08. The topological polar surface area (TPSA) is 61.6 Å². The van der Waals surface area contributed by atoms with Crippen LogP contribution in [0.25, 0.3) is 0 Å². The normalized spacial score (nSPS) is 14.5. The third kappa shape index (κ3) is 7.02. The molecule has 0 bridgehead atoms. The van der Waals surface area contributed by atoms with Crippen molar-refractivity contribution in [2.75, 3.05) is 6.61 Å². The van der Waals surface area contributed by atoms with Gasteiger partial charge in [-0.3, -0.25) is 10.1 Å². The minimum Gasteiger partial charge on any atom is -0.363 e. The van der Waals surface area contributed by atoms with E-state index in [1.54, 1.807) is 0 Å². The molecule has 0 saturated carbocycles. The summed E-state index contributed by atoms with van der Waals surface area (Å²) in [6.07, 6.45) is 1.84. The molecular weight excluding hydrogens is 219 g/mol. The molecule has 0 aromatic heterocycles. The van der Waals surface area contributed by atoms with E-state index in [9.17, 15) is 10.1 Å². The molecule has 0 aliphatic rings. The molecule has 0 aliphatic carbocycles. The van der Waals surface area contributed by atoms with E-state index in [0.29, 0.717) is 0 Å². The van der Waals surface area contributed by atoms with Crippen molar-refractivity contribution in [3.05, 3.63) is 22.4 Å². The van der Waals surface area contributed by atoms with Gasteiger partial charge in [0, 0.05) is 24.0 Å². The summed E-state index contributed by atoms with van der Waals surface area (Å²) in [5, 5.41) is 9.93. The molecule has 5 nitrogen and oxygen atoms in total. The van der Waals surface area contributed by atoms with Gasteiger partial charge in [0.1, 0.15) is 6.10 Å². The van der Waals surface area contributed by atoms with E-state index in [-0.39, 0.29) is 21.2 Å². The van der Waals surface area contributed by atoms with Gasteiger partial charge in [0.05, 0.1) is 11.5 Å². The van der Waals surface area contributed by atoms with E-state index in [4.69, 9.17) is 9.05 Å². The molecular formula is C4H10NO4P3. The molecule has 0 fully saturated rings. The van der Waals surface area contributed by atoms with Gasteiger partial charge in [-0.15, -0.1) is 0 Å². The van der Waals surface area contributed by atoms with Crippen LogP contribution in [0.5, 0.6) is 0 Å². The standard InChI is InChI=1S/C4H10NO4P3/c6-5(7)2-1-4(3-8-10)9-12-11/h1-2,4,12H,3,10-11H2/b2-1+. The Morgan fingerprint density at radius 2 is 2.42 bits per heavy atom. The lowest BCUT2D eigenvalue weighted by Crippen LogP contribution is -2.10. The fourth-order valence-electron chi connectivity index (χ4n) is 0.477. The second-order valence-corrected chi connectivity index (χ2v) is 3.25. The zero-order valence-electron chi connectivity index (χ0n) is 6.17. The third-order valence-corrected chi connectivity index (χ3v) is 1.94. The van der Waals surface area contributed by atoms with Crippen molar-refractivity contribution in [3.8, 4) is 0 Å². The molecule has 0 rings (SSSR count). The second kappa shape index (κ2) is 7.97. The molecule has 70 valence electrons. The molecule has 12 heavy (non-hydrogen) atoms. The van der Waals surface area contributed by atoms with Crippen molar-refractivity contribution in [1.82, 2.24) is 0 Å². The Bertz CT molecular complexity index is 158. The summed E-state index contributed by atoms with van der Waals surface area (Å²) in [4.78, 5) is 9.39. The summed E-state index contributed by atoms with van der Waals surface area (Å²) in [6.45, 7) is 0.288. The maximum atomic E-state index is 9.93. The van der Waals surface area contributed by atoms with E-state index in [1.807, 2.05) is 0 Å². The molecule has 0 amide bonds. The molecule has 0 radical (unpaired) electrons. The third-order valence-electron chi connectivity index (χ3n) is 0.902. The van der Waals surface area contributed by atoms with Crippen LogP contribution in [0.2, 0.25) is 0 Å². The Morgan fingerprint density at radius 3 is 2.83 bits per heavy atom. The molecule has 0 spiro atoms. The van der Waals surface area contributed by atoms with Crippen LogP contribution in [0, 0.1) is 10.1 Å².